The summed E-state index contributed by atoms with van der Waals surface area (Å²) >= 11 is 19.2. The van der Waals surface area contributed by atoms with Gasteiger partial charge in [-0.05, 0) is 67.6 Å². The van der Waals surface area contributed by atoms with Crippen LogP contribution in [0.1, 0.15) is 22.3 Å². The van der Waals surface area contributed by atoms with Gasteiger partial charge in [-0.2, -0.15) is 0 Å². The van der Waals surface area contributed by atoms with Gasteiger partial charge in [0.25, 0.3) is 0 Å². The number of rotatable bonds is 8. The van der Waals surface area contributed by atoms with Gasteiger partial charge in [-0.1, -0.05) is 53.3 Å². The number of thiocarbonyl (C=S) groups is 1. The Bertz CT molecular complexity index is 939. The number of thioether (sulfide) groups is 1. The van der Waals surface area contributed by atoms with Gasteiger partial charge in [0.2, 0.25) is 0 Å². The van der Waals surface area contributed by atoms with Crippen LogP contribution in [0.3, 0.4) is 0 Å². The molecule has 0 saturated carbocycles. The summed E-state index contributed by atoms with van der Waals surface area (Å²) in [6, 6.07) is 12.3. The zero-order valence-electron chi connectivity index (χ0n) is 17.9. The molecule has 170 valence electrons. The lowest BCUT2D eigenvalue weighted by Gasteiger charge is -2.33. The van der Waals surface area contributed by atoms with E-state index in [1.165, 1.54) is 6.08 Å². The first-order valence-corrected chi connectivity index (χ1v) is 12.6. The summed E-state index contributed by atoms with van der Waals surface area (Å²) in [6.45, 7) is 4.75. The molecule has 0 radical (unpaired) electrons. The Morgan fingerprint density at radius 1 is 1.09 bits per heavy atom. The maximum Gasteiger partial charge on any atom is 0.185 e. The van der Waals surface area contributed by atoms with Gasteiger partial charge < -0.3 is 14.5 Å². The van der Waals surface area contributed by atoms with Crippen LogP contribution < -0.4 is 4.74 Å². The Hall–Kier alpha value is -1.57. The van der Waals surface area contributed by atoms with Crippen LogP contribution in [0.5, 0.6) is 5.75 Å². The predicted molar refractivity (Wildman–Crippen MR) is 141 cm³/mol. The summed E-state index contributed by atoms with van der Waals surface area (Å²) in [6.07, 6.45) is 4.12. The third-order valence-electron chi connectivity index (χ3n) is 5.00. The van der Waals surface area contributed by atoms with Crippen molar-refractivity contribution in [1.82, 2.24) is 9.80 Å². The van der Waals surface area contributed by atoms with Crippen molar-refractivity contribution in [2.45, 2.75) is 6.42 Å². The maximum atomic E-state index is 12.4. The average Bonchev–Trinajstić information content (AvgIpc) is 2.77. The van der Waals surface area contributed by atoms with E-state index in [0.717, 1.165) is 54.0 Å². The van der Waals surface area contributed by atoms with Crippen LogP contribution in [0.15, 0.2) is 48.5 Å². The van der Waals surface area contributed by atoms with Crippen LogP contribution in [0.25, 0.3) is 6.08 Å². The molecule has 1 heterocycles. The van der Waals surface area contributed by atoms with Crippen molar-refractivity contribution in [1.29, 1.82) is 0 Å². The molecular weight excluding hydrogens is 483 g/mol. The molecular formula is C24H26Cl2N2O2S2. The van der Waals surface area contributed by atoms with E-state index in [2.05, 4.69) is 16.8 Å². The number of ketones is 1. The van der Waals surface area contributed by atoms with E-state index in [4.69, 9.17) is 40.2 Å². The number of halogens is 2. The second-order valence-corrected chi connectivity index (χ2v) is 10.1. The van der Waals surface area contributed by atoms with Crippen LogP contribution in [-0.2, 0) is 0 Å². The van der Waals surface area contributed by atoms with Gasteiger partial charge in [0.05, 0.1) is 6.61 Å². The first-order valence-electron chi connectivity index (χ1n) is 10.4. The predicted octanol–water partition coefficient (Wildman–Crippen LogP) is 5.92. The van der Waals surface area contributed by atoms with Crippen LogP contribution in [0, 0.1) is 0 Å². The standard InChI is InChI=1S/C24H26Cl2N2O2S2/c1-27-9-11-28(12-10-27)24(31)32-14-2-13-30-22-6-4-19(5-7-22)23(29)8-3-18-15-20(25)17-21(26)16-18/h3-8,15-17H,2,9-14H2,1H3/b8-3+. The minimum absolute atomic E-state index is 0.0959. The van der Waals surface area contributed by atoms with Crippen LogP contribution in [0.4, 0.5) is 0 Å². The third kappa shape index (κ3) is 8.09. The fourth-order valence-corrected chi connectivity index (χ4v) is 4.92. The number of ether oxygens (including phenoxy) is 1. The number of benzene rings is 2. The monoisotopic (exact) mass is 508 g/mol. The van der Waals surface area contributed by atoms with E-state index in [0.29, 0.717) is 22.2 Å². The quantitative estimate of drug-likeness (QED) is 0.190. The summed E-state index contributed by atoms with van der Waals surface area (Å²) < 4.78 is 6.78. The molecule has 4 nitrogen and oxygen atoms in total. The molecule has 1 saturated heterocycles. The van der Waals surface area contributed by atoms with Crippen molar-refractivity contribution >= 4 is 63.4 Å². The van der Waals surface area contributed by atoms with Crippen molar-refractivity contribution in [2.75, 3.05) is 45.6 Å². The molecule has 0 atom stereocenters. The summed E-state index contributed by atoms with van der Waals surface area (Å²) in [5.74, 6) is 1.58. The lowest BCUT2D eigenvalue weighted by Crippen LogP contribution is -2.45. The molecule has 2 aromatic rings. The van der Waals surface area contributed by atoms with Gasteiger partial charge in [-0.15, -0.1) is 0 Å². The fraction of sp³-hybridized carbons (Fsp3) is 0.333. The van der Waals surface area contributed by atoms with Gasteiger partial charge in [0.1, 0.15) is 10.1 Å². The molecule has 8 heteroatoms. The number of hydrogen-bond donors (Lipinski definition) is 0. The van der Waals surface area contributed by atoms with Gasteiger partial charge in [0, 0.05) is 47.5 Å². The molecule has 1 fully saturated rings. The molecule has 2 aromatic carbocycles. The van der Waals surface area contributed by atoms with Crippen molar-refractivity contribution in [3.05, 3.63) is 69.7 Å². The lowest BCUT2D eigenvalue weighted by molar-refractivity contribution is 0.104. The van der Waals surface area contributed by atoms with Gasteiger partial charge >= 0.3 is 0 Å². The van der Waals surface area contributed by atoms with Crippen molar-refractivity contribution in [2.24, 2.45) is 0 Å². The normalized spacial score (nSPS) is 14.7. The minimum Gasteiger partial charge on any atom is -0.494 e. The van der Waals surface area contributed by atoms with Gasteiger partial charge in [-0.3, -0.25) is 4.79 Å². The topological polar surface area (TPSA) is 32.8 Å². The smallest absolute Gasteiger partial charge is 0.185 e. The Morgan fingerprint density at radius 2 is 1.75 bits per heavy atom. The summed E-state index contributed by atoms with van der Waals surface area (Å²) in [5, 5.41) is 1.07. The summed E-state index contributed by atoms with van der Waals surface area (Å²) in [5.41, 5.74) is 1.37. The second kappa shape index (κ2) is 12.6. The largest absolute Gasteiger partial charge is 0.494 e. The molecule has 3 rings (SSSR count). The van der Waals surface area contributed by atoms with E-state index < -0.39 is 0 Å². The van der Waals surface area contributed by atoms with Crippen molar-refractivity contribution < 1.29 is 9.53 Å². The minimum atomic E-state index is -0.0959. The molecule has 0 aromatic heterocycles. The highest BCUT2D eigenvalue weighted by Crippen LogP contribution is 2.20. The highest BCUT2D eigenvalue weighted by Gasteiger charge is 2.16. The van der Waals surface area contributed by atoms with Crippen LogP contribution in [-0.4, -0.2) is 65.5 Å². The molecule has 1 aliphatic heterocycles. The van der Waals surface area contributed by atoms with Gasteiger partial charge in [0.15, 0.2) is 5.78 Å². The van der Waals surface area contributed by atoms with E-state index in [1.807, 2.05) is 12.1 Å². The van der Waals surface area contributed by atoms with E-state index in [-0.39, 0.29) is 5.78 Å². The number of carbonyl (C=O) groups is 1. The highest BCUT2D eigenvalue weighted by molar-refractivity contribution is 8.22. The molecule has 0 N–H and O–H groups in total. The van der Waals surface area contributed by atoms with E-state index >= 15 is 0 Å². The Kier molecular flexibility index (Phi) is 9.88. The van der Waals surface area contributed by atoms with Crippen LogP contribution in [0.2, 0.25) is 10.0 Å². The van der Waals surface area contributed by atoms with Crippen molar-refractivity contribution in [3.8, 4) is 5.75 Å². The molecule has 0 aliphatic carbocycles. The zero-order chi connectivity index (χ0) is 22.9. The van der Waals surface area contributed by atoms with E-state index in [9.17, 15) is 4.79 Å². The third-order valence-corrected chi connectivity index (χ3v) is 7.04. The molecule has 0 bridgehead atoms. The molecule has 0 spiro atoms. The first-order chi connectivity index (χ1) is 15.4. The number of hydrogen-bond acceptors (Lipinski definition) is 5. The molecule has 0 unspecified atom stereocenters. The second-order valence-electron chi connectivity index (χ2n) is 7.53. The number of likely N-dealkylation sites (N-methyl/N-ethyl adjacent to an activating group) is 1. The number of nitrogens with zero attached hydrogens (tertiary/aromatic N) is 2. The van der Waals surface area contributed by atoms with E-state index in [1.54, 1.807) is 48.2 Å². The van der Waals surface area contributed by atoms with Gasteiger partial charge in [-0.25, -0.2) is 0 Å². The Balaban J connectivity index is 1.38. The average molecular weight is 510 g/mol. The first kappa shape index (κ1) is 25.1. The molecule has 32 heavy (non-hydrogen) atoms. The Morgan fingerprint density at radius 3 is 2.41 bits per heavy atom. The lowest BCUT2D eigenvalue weighted by atomic mass is 10.1. The fourth-order valence-electron chi connectivity index (χ4n) is 3.14. The Labute approximate surface area is 209 Å². The van der Waals surface area contributed by atoms with Crippen molar-refractivity contribution in [3.63, 3.8) is 0 Å². The summed E-state index contributed by atoms with van der Waals surface area (Å²) in [4.78, 5) is 17.0. The summed E-state index contributed by atoms with van der Waals surface area (Å²) in [7, 11) is 2.14. The number of piperazine rings is 1. The SMILES string of the molecule is CN1CCN(C(=S)SCCCOc2ccc(C(=O)/C=C/c3cc(Cl)cc(Cl)c3)cc2)CC1. The molecule has 0 amide bonds. The highest BCUT2D eigenvalue weighted by atomic mass is 35.5. The number of allylic oxidation sites excluding steroid dienone is 1. The molecule has 1 aliphatic rings. The van der Waals surface area contributed by atoms with Crippen LogP contribution >= 0.6 is 47.2 Å². The maximum absolute atomic E-state index is 12.4. The zero-order valence-corrected chi connectivity index (χ0v) is 21.1. The number of carbonyl (C=O) groups excluding carboxylic acids is 1.